The molecular formula is C8H17NS. The number of allylic oxidation sites excluding steroid dienone is 1. The van der Waals surface area contributed by atoms with Crippen LogP contribution in [0.3, 0.4) is 0 Å². The van der Waals surface area contributed by atoms with Crippen molar-refractivity contribution in [2.24, 2.45) is 0 Å². The van der Waals surface area contributed by atoms with Gasteiger partial charge in [0, 0.05) is 7.05 Å². The maximum absolute atomic E-state index is 4.84. The van der Waals surface area contributed by atoms with Crippen molar-refractivity contribution in [2.75, 3.05) is 7.05 Å². The van der Waals surface area contributed by atoms with Crippen molar-refractivity contribution in [2.45, 2.75) is 27.7 Å². The number of hydrogen-bond acceptors (Lipinski definition) is 1. The Labute approximate surface area is 69.5 Å². The Morgan fingerprint density at radius 2 is 1.70 bits per heavy atom. The monoisotopic (exact) mass is 159 g/mol. The van der Waals surface area contributed by atoms with E-state index in [1.807, 2.05) is 40.8 Å². The van der Waals surface area contributed by atoms with E-state index < -0.39 is 0 Å². The molecule has 0 bridgehead atoms. The fourth-order valence-corrected chi connectivity index (χ4v) is 0.570. The van der Waals surface area contributed by atoms with E-state index in [4.69, 9.17) is 12.2 Å². The summed E-state index contributed by atoms with van der Waals surface area (Å²) in [5.74, 6) is 0. The summed E-state index contributed by atoms with van der Waals surface area (Å²) in [4.78, 5) is 0.796. The maximum atomic E-state index is 4.84. The van der Waals surface area contributed by atoms with E-state index in [0.717, 1.165) is 4.99 Å². The third-order valence-corrected chi connectivity index (χ3v) is 0.988. The predicted octanol–water partition coefficient (Wildman–Crippen LogP) is 2.53. The highest BCUT2D eigenvalue weighted by Crippen LogP contribution is 1.87. The van der Waals surface area contributed by atoms with E-state index in [0.29, 0.717) is 0 Å². The molecule has 0 heterocycles. The fraction of sp³-hybridized carbons (Fsp3) is 0.625. The van der Waals surface area contributed by atoms with Crippen LogP contribution >= 0.6 is 12.2 Å². The minimum Gasteiger partial charge on any atom is -0.379 e. The average Bonchev–Trinajstić information content (AvgIpc) is 1.91. The lowest BCUT2D eigenvalue weighted by Gasteiger charge is -1.93. The molecule has 2 heteroatoms. The summed E-state index contributed by atoms with van der Waals surface area (Å²) in [5, 5.41) is 2.85. The zero-order valence-corrected chi connectivity index (χ0v) is 8.30. The molecule has 0 aromatic rings. The fourth-order valence-electron chi connectivity index (χ4n) is 0.334. The van der Waals surface area contributed by atoms with Gasteiger partial charge in [-0.2, -0.15) is 0 Å². The highest BCUT2D eigenvalue weighted by molar-refractivity contribution is 7.80. The van der Waals surface area contributed by atoms with Crippen molar-refractivity contribution in [1.82, 2.24) is 5.32 Å². The number of thiocarbonyl (C=S) groups is 1. The van der Waals surface area contributed by atoms with E-state index >= 15 is 0 Å². The average molecular weight is 159 g/mol. The van der Waals surface area contributed by atoms with Crippen LogP contribution in [-0.4, -0.2) is 12.0 Å². The maximum Gasteiger partial charge on any atom is 0.0984 e. The zero-order chi connectivity index (χ0) is 8.57. The Morgan fingerprint density at radius 1 is 1.30 bits per heavy atom. The summed E-state index contributed by atoms with van der Waals surface area (Å²) in [5.41, 5.74) is 1.23. The van der Waals surface area contributed by atoms with Crippen molar-refractivity contribution in [3.63, 3.8) is 0 Å². The van der Waals surface area contributed by atoms with E-state index in [1.54, 1.807) is 0 Å². The van der Waals surface area contributed by atoms with Crippen LogP contribution in [0.5, 0.6) is 0 Å². The van der Waals surface area contributed by atoms with E-state index in [-0.39, 0.29) is 0 Å². The molecule has 0 radical (unpaired) electrons. The van der Waals surface area contributed by atoms with E-state index in [2.05, 4.69) is 5.32 Å². The minimum absolute atomic E-state index is 0.796. The highest BCUT2D eigenvalue weighted by atomic mass is 32.1. The lowest BCUT2D eigenvalue weighted by molar-refractivity contribution is 1.21. The molecular weight excluding hydrogens is 142 g/mol. The molecule has 1 nitrogen and oxygen atoms in total. The second-order valence-electron chi connectivity index (χ2n) is 1.84. The molecule has 0 aromatic carbocycles. The van der Waals surface area contributed by atoms with Gasteiger partial charge in [0.2, 0.25) is 0 Å². The highest BCUT2D eigenvalue weighted by Gasteiger charge is 1.81. The molecule has 10 heavy (non-hydrogen) atoms. The molecule has 0 fully saturated rings. The normalized spacial score (nSPS) is 6.90. The Morgan fingerprint density at radius 3 is 1.80 bits per heavy atom. The van der Waals surface area contributed by atoms with Gasteiger partial charge >= 0.3 is 0 Å². The molecule has 0 aliphatic rings. The molecule has 1 N–H and O–H groups in total. The van der Waals surface area contributed by atoms with Gasteiger partial charge in [0.25, 0.3) is 0 Å². The molecule has 0 atom stereocenters. The SMILES string of the molecule is CC.CNC(=S)C=C(C)C. The quantitative estimate of drug-likeness (QED) is 0.466. The summed E-state index contributed by atoms with van der Waals surface area (Å²) in [7, 11) is 1.82. The summed E-state index contributed by atoms with van der Waals surface area (Å²) in [6.45, 7) is 8.04. The van der Waals surface area contributed by atoms with Crippen LogP contribution in [0.2, 0.25) is 0 Å². The Balaban J connectivity index is 0. The molecule has 0 saturated heterocycles. The van der Waals surface area contributed by atoms with Crippen LogP contribution in [0, 0.1) is 0 Å². The molecule has 0 spiro atoms. The Bertz CT molecular complexity index is 112. The van der Waals surface area contributed by atoms with Gasteiger partial charge in [-0.15, -0.1) is 0 Å². The second kappa shape index (κ2) is 8.63. The number of hydrogen-bond donors (Lipinski definition) is 1. The van der Waals surface area contributed by atoms with Gasteiger partial charge in [0.15, 0.2) is 0 Å². The first-order valence-corrected chi connectivity index (χ1v) is 3.94. The third-order valence-electron chi connectivity index (χ3n) is 0.666. The van der Waals surface area contributed by atoms with Crippen molar-refractivity contribution >= 4 is 17.2 Å². The third kappa shape index (κ3) is 10.6. The van der Waals surface area contributed by atoms with Gasteiger partial charge in [0.1, 0.15) is 0 Å². The summed E-state index contributed by atoms with van der Waals surface area (Å²) >= 11 is 4.84. The number of likely N-dealkylation sites (N-methyl/N-ethyl adjacent to an activating group) is 1. The molecule has 0 unspecified atom stereocenters. The number of nitrogens with one attached hydrogen (secondary N) is 1. The van der Waals surface area contributed by atoms with Crippen molar-refractivity contribution in [1.29, 1.82) is 0 Å². The van der Waals surface area contributed by atoms with Crippen molar-refractivity contribution in [3.05, 3.63) is 11.6 Å². The van der Waals surface area contributed by atoms with Gasteiger partial charge in [0.05, 0.1) is 4.99 Å². The van der Waals surface area contributed by atoms with Crippen LogP contribution in [0.15, 0.2) is 11.6 Å². The molecule has 0 saturated carbocycles. The largest absolute Gasteiger partial charge is 0.379 e. The molecule has 0 aliphatic heterocycles. The van der Waals surface area contributed by atoms with Gasteiger partial charge in [-0.3, -0.25) is 0 Å². The Hall–Kier alpha value is -0.370. The standard InChI is InChI=1S/C6H11NS.C2H6/c1-5(2)4-6(8)7-3;1-2/h4H,1-3H3,(H,7,8);1-2H3. The van der Waals surface area contributed by atoms with Crippen molar-refractivity contribution < 1.29 is 0 Å². The predicted molar refractivity (Wildman–Crippen MR) is 52.4 cm³/mol. The first kappa shape index (κ1) is 12.3. The lowest BCUT2D eigenvalue weighted by atomic mass is 10.3. The van der Waals surface area contributed by atoms with Crippen LogP contribution in [0.25, 0.3) is 0 Å². The Kier molecular flexibility index (Phi) is 10.6. The smallest absolute Gasteiger partial charge is 0.0984 e. The molecule has 0 rings (SSSR count). The molecule has 0 amide bonds. The zero-order valence-electron chi connectivity index (χ0n) is 7.49. The molecule has 0 aromatic heterocycles. The van der Waals surface area contributed by atoms with E-state index in [9.17, 15) is 0 Å². The first-order valence-electron chi connectivity index (χ1n) is 3.53. The van der Waals surface area contributed by atoms with Crippen LogP contribution in [0.1, 0.15) is 27.7 Å². The van der Waals surface area contributed by atoms with Crippen LogP contribution in [0.4, 0.5) is 0 Å². The summed E-state index contributed by atoms with van der Waals surface area (Å²) < 4.78 is 0. The van der Waals surface area contributed by atoms with Crippen molar-refractivity contribution in [3.8, 4) is 0 Å². The van der Waals surface area contributed by atoms with Gasteiger partial charge in [-0.05, 0) is 19.9 Å². The topological polar surface area (TPSA) is 12.0 Å². The van der Waals surface area contributed by atoms with E-state index in [1.165, 1.54) is 5.57 Å². The van der Waals surface area contributed by atoms with Crippen LogP contribution < -0.4 is 5.32 Å². The summed E-state index contributed by atoms with van der Waals surface area (Å²) in [6.07, 6.45) is 1.93. The van der Waals surface area contributed by atoms with Gasteiger partial charge in [-0.25, -0.2) is 0 Å². The first-order chi connectivity index (χ1) is 4.66. The second-order valence-corrected chi connectivity index (χ2v) is 2.28. The lowest BCUT2D eigenvalue weighted by Crippen LogP contribution is -2.11. The number of rotatable bonds is 1. The van der Waals surface area contributed by atoms with Gasteiger partial charge in [-0.1, -0.05) is 31.6 Å². The van der Waals surface area contributed by atoms with Crippen LogP contribution in [-0.2, 0) is 0 Å². The van der Waals surface area contributed by atoms with Gasteiger partial charge < -0.3 is 5.32 Å². The minimum atomic E-state index is 0.796. The molecule has 0 aliphatic carbocycles. The summed E-state index contributed by atoms with van der Waals surface area (Å²) in [6, 6.07) is 0. The molecule has 60 valence electrons.